The minimum absolute atomic E-state index is 0.0902. The molecule has 10 heteroatoms. The van der Waals surface area contributed by atoms with Crippen molar-refractivity contribution in [3.05, 3.63) is 137 Å². The highest BCUT2D eigenvalue weighted by Crippen LogP contribution is 2.29. The Balaban J connectivity index is 1.25. The number of benzene rings is 4. The Kier molecular flexibility index (Phi) is 10.2. The van der Waals surface area contributed by atoms with Gasteiger partial charge in [-0.1, -0.05) is 48.5 Å². The van der Waals surface area contributed by atoms with E-state index in [0.29, 0.717) is 22.1 Å². The van der Waals surface area contributed by atoms with Gasteiger partial charge in [-0.25, -0.2) is 9.37 Å². The van der Waals surface area contributed by atoms with Gasteiger partial charge in [0.2, 0.25) is 5.91 Å². The summed E-state index contributed by atoms with van der Waals surface area (Å²) in [6.45, 7) is 3.71. The zero-order valence-electron chi connectivity index (χ0n) is 24.4. The van der Waals surface area contributed by atoms with Crippen molar-refractivity contribution < 1.29 is 18.8 Å². The zero-order chi connectivity index (χ0) is 31.8. The molecule has 0 radical (unpaired) electrons. The van der Waals surface area contributed by atoms with Crippen molar-refractivity contribution in [3.8, 4) is 11.3 Å². The Hall–Kier alpha value is -5.06. The number of hydrogen-bond acceptors (Lipinski definition) is 6. The molecule has 1 heterocycles. The summed E-state index contributed by atoms with van der Waals surface area (Å²) in [6.07, 6.45) is 1.65. The van der Waals surface area contributed by atoms with Crippen LogP contribution >= 0.6 is 23.1 Å². The molecule has 3 amide bonds. The van der Waals surface area contributed by atoms with Gasteiger partial charge in [-0.05, 0) is 85.6 Å². The highest BCUT2D eigenvalue weighted by molar-refractivity contribution is 8.00. The predicted octanol–water partition coefficient (Wildman–Crippen LogP) is 7.79. The molecule has 1 unspecified atom stereocenters. The van der Waals surface area contributed by atoms with Crippen molar-refractivity contribution in [2.45, 2.75) is 24.0 Å². The number of halogens is 1. The van der Waals surface area contributed by atoms with Crippen LogP contribution in [0.4, 0.5) is 15.2 Å². The van der Waals surface area contributed by atoms with Crippen molar-refractivity contribution in [2.75, 3.05) is 10.6 Å². The second kappa shape index (κ2) is 14.6. The maximum absolute atomic E-state index is 13.5. The van der Waals surface area contributed by atoms with Crippen molar-refractivity contribution >= 4 is 57.7 Å². The molecule has 1 aromatic heterocycles. The van der Waals surface area contributed by atoms with E-state index in [2.05, 4.69) is 20.9 Å². The smallest absolute Gasteiger partial charge is 0.272 e. The second-order valence-electron chi connectivity index (χ2n) is 10.0. The second-order valence-corrected chi connectivity index (χ2v) is 12.3. The summed E-state index contributed by atoms with van der Waals surface area (Å²) in [7, 11) is 0. The lowest BCUT2D eigenvalue weighted by Crippen LogP contribution is -2.30. The standard InChI is InChI=1S/C35H29FN4O3S2/c1-22-9-6-7-12-26(22)19-30(38-33(42)25-10-4-3-5-11-25)34(43)37-28-13-8-14-29(20-28)45-23(2)32(41)40-35-39-31(21-44-35)24-15-17-27(36)18-16-24/h3-21,23H,1-2H3,(H,37,43)(H,38,42)(H,39,40,41)/b30-19-. The van der Waals surface area contributed by atoms with Gasteiger partial charge in [0.15, 0.2) is 5.13 Å². The van der Waals surface area contributed by atoms with Crippen LogP contribution in [0.1, 0.15) is 28.4 Å². The summed E-state index contributed by atoms with van der Waals surface area (Å²) < 4.78 is 13.3. The van der Waals surface area contributed by atoms with Gasteiger partial charge in [0, 0.05) is 27.1 Å². The molecule has 7 nitrogen and oxygen atoms in total. The summed E-state index contributed by atoms with van der Waals surface area (Å²) in [5, 5.41) is 10.2. The molecule has 0 aliphatic carbocycles. The van der Waals surface area contributed by atoms with E-state index in [4.69, 9.17) is 0 Å². The Labute approximate surface area is 268 Å². The molecular weight excluding hydrogens is 608 g/mol. The molecule has 0 bridgehead atoms. The molecule has 0 fully saturated rings. The van der Waals surface area contributed by atoms with Crippen LogP contribution in [0.2, 0.25) is 0 Å². The summed E-state index contributed by atoms with van der Waals surface area (Å²) in [5.41, 5.74) is 4.17. The highest BCUT2D eigenvalue weighted by atomic mass is 32.2. The van der Waals surface area contributed by atoms with Gasteiger partial charge in [0.05, 0.1) is 10.9 Å². The molecule has 5 aromatic rings. The Morgan fingerprint density at radius 1 is 0.889 bits per heavy atom. The maximum Gasteiger partial charge on any atom is 0.272 e. The first-order chi connectivity index (χ1) is 21.7. The van der Waals surface area contributed by atoms with Crippen LogP contribution in [0, 0.1) is 12.7 Å². The summed E-state index contributed by atoms with van der Waals surface area (Å²) in [4.78, 5) is 44.6. The van der Waals surface area contributed by atoms with E-state index < -0.39 is 17.1 Å². The average Bonchev–Trinajstić information content (AvgIpc) is 3.51. The van der Waals surface area contributed by atoms with Crippen LogP contribution in [-0.4, -0.2) is 28.0 Å². The van der Waals surface area contributed by atoms with Gasteiger partial charge >= 0.3 is 0 Å². The van der Waals surface area contributed by atoms with Gasteiger partial charge in [-0.3, -0.25) is 14.4 Å². The Morgan fingerprint density at radius 3 is 2.38 bits per heavy atom. The minimum atomic E-state index is -0.490. The van der Waals surface area contributed by atoms with Crippen LogP contribution in [0.3, 0.4) is 0 Å². The van der Waals surface area contributed by atoms with Gasteiger partial charge in [-0.2, -0.15) is 0 Å². The molecule has 226 valence electrons. The summed E-state index contributed by atoms with van der Waals surface area (Å²) in [5.74, 6) is -1.46. The lowest BCUT2D eigenvalue weighted by atomic mass is 10.1. The predicted molar refractivity (Wildman–Crippen MR) is 180 cm³/mol. The fourth-order valence-corrected chi connectivity index (χ4v) is 5.89. The summed E-state index contributed by atoms with van der Waals surface area (Å²) >= 11 is 2.61. The molecule has 3 N–H and O–H groups in total. The van der Waals surface area contributed by atoms with E-state index in [1.165, 1.54) is 35.2 Å². The third-order valence-corrected chi connectivity index (χ3v) is 8.52. The monoisotopic (exact) mass is 636 g/mol. The quantitative estimate of drug-likeness (QED) is 0.107. The lowest BCUT2D eigenvalue weighted by Gasteiger charge is -2.14. The molecule has 5 rings (SSSR count). The molecule has 0 saturated carbocycles. The molecule has 0 aliphatic heterocycles. The van der Waals surface area contributed by atoms with Crippen LogP contribution in [0.15, 0.2) is 119 Å². The minimum Gasteiger partial charge on any atom is -0.321 e. The number of carbonyl (C=O) groups excluding carboxylic acids is 3. The number of aryl methyl sites for hydroxylation is 1. The summed E-state index contributed by atoms with van der Waals surface area (Å²) in [6, 6.07) is 29.4. The van der Waals surface area contributed by atoms with Crippen molar-refractivity contribution in [2.24, 2.45) is 0 Å². The van der Waals surface area contributed by atoms with Crippen LogP contribution in [0.5, 0.6) is 0 Å². The van der Waals surface area contributed by atoms with Crippen molar-refractivity contribution in [1.82, 2.24) is 10.3 Å². The zero-order valence-corrected chi connectivity index (χ0v) is 26.0. The molecule has 1 atom stereocenters. The Morgan fingerprint density at radius 2 is 1.62 bits per heavy atom. The van der Waals surface area contributed by atoms with Crippen molar-refractivity contribution in [3.63, 3.8) is 0 Å². The maximum atomic E-state index is 13.5. The normalized spacial score (nSPS) is 11.8. The molecule has 45 heavy (non-hydrogen) atoms. The number of nitrogens with one attached hydrogen (secondary N) is 3. The molecule has 0 aliphatic rings. The van der Waals surface area contributed by atoms with Gasteiger partial charge in [0.25, 0.3) is 11.8 Å². The van der Waals surface area contributed by atoms with Crippen LogP contribution in [-0.2, 0) is 9.59 Å². The first kappa shape index (κ1) is 31.4. The molecule has 0 spiro atoms. The number of carbonyl (C=O) groups is 3. The highest BCUT2D eigenvalue weighted by Gasteiger charge is 2.19. The number of hydrogen-bond donors (Lipinski definition) is 3. The van der Waals surface area contributed by atoms with E-state index in [0.717, 1.165) is 21.6 Å². The third-order valence-electron chi connectivity index (χ3n) is 6.67. The molecule has 0 saturated heterocycles. The van der Waals surface area contributed by atoms with Crippen molar-refractivity contribution in [1.29, 1.82) is 0 Å². The fraction of sp³-hybridized carbons (Fsp3) is 0.0857. The number of thiazole rings is 1. The number of amides is 3. The van der Waals surface area contributed by atoms with Crippen LogP contribution in [0.25, 0.3) is 17.3 Å². The number of nitrogens with zero attached hydrogens (tertiary/aromatic N) is 1. The van der Waals surface area contributed by atoms with E-state index >= 15 is 0 Å². The van der Waals surface area contributed by atoms with Gasteiger partial charge in [0.1, 0.15) is 11.5 Å². The number of rotatable bonds is 10. The van der Waals surface area contributed by atoms with E-state index in [-0.39, 0.29) is 17.4 Å². The van der Waals surface area contributed by atoms with Gasteiger partial charge in [-0.15, -0.1) is 23.1 Å². The lowest BCUT2D eigenvalue weighted by molar-refractivity contribution is -0.115. The first-order valence-electron chi connectivity index (χ1n) is 14.0. The van der Waals surface area contributed by atoms with Crippen LogP contribution < -0.4 is 16.0 Å². The fourth-order valence-electron chi connectivity index (χ4n) is 4.24. The molecular formula is C35H29FN4O3S2. The third kappa shape index (κ3) is 8.53. The number of anilines is 2. The largest absolute Gasteiger partial charge is 0.321 e. The SMILES string of the molecule is Cc1ccccc1/C=C(\NC(=O)c1ccccc1)C(=O)Nc1cccc(SC(C)C(=O)Nc2nc(-c3ccc(F)cc3)cs2)c1. The number of thioether (sulfide) groups is 1. The molecule has 4 aromatic carbocycles. The number of aromatic nitrogens is 1. The Bertz CT molecular complexity index is 1860. The topological polar surface area (TPSA) is 100 Å². The van der Waals surface area contributed by atoms with E-state index in [1.807, 2.05) is 43.3 Å². The van der Waals surface area contributed by atoms with Gasteiger partial charge < -0.3 is 16.0 Å². The average molecular weight is 637 g/mol. The first-order valence-corrected chi connectivity index (χ1v) is 15.8. The van der Waals surface area contributed by atoms with E-state index in [9.17, 15) is 18.8 Å². The van der Waals surface area contributed by atoms with E-state index in [1.54, 1.807) is 73.0 Å².